The number of methoxy groups -OCH3 is 1. The van der Waals surface area contributed by atoms with Gasteiger partial charge in [-0.1, -0.05) is 19.1 Å². The first-order chi connectivity index (χ1) is 9.15. The van der Waals surface area contributed by atoms with Gasteiger partial charge in [-0.25, -0.2) is 0 Å². The minimum Gasteiger partial charge on any atom is -0.497 e. The van der Waals surface area contributed by atoms with E-state index in [4.69, 9.17) is 4.74 Å². The van der Waals surface area contributed by atoms with E-state index in [9.17, 15) is 0 Å². The van der Waals surface area contributed by atoms with Crippen LogP contribution < -0.4 is 10.1 Å². The molecule has 3 nitrogen and oxygen atoms in total. The third-order valence-corrected chi connectivity index (χ3v) is 3.34. The second-order valence-electron chi connectivity index (χ2n) is 5.19. The van der Waals surface area contributed by atoms with Crippen LogP contribution in [0.5, 0.6) is 5.75 Å². The van der Waals surface area contributed by atoms with Gasteiger partial charge in [0.15, 0.2) is 0 Å². The van der Waals surface area contributed by atoms with Crippen LogP contribution in [0.1, 0.15) is 32.3 Å². The van der Waals surface area contributed by atoms with E-state index < -0.39 is 0 Å². The summed E-state index contributed by atoms with van der Waals surface area (Å²) in [5.41, 5.74) is 1.34. The van der Waals surface area contributed by atoms with Crippen molar-refractivity contribution in [1.29, 1.82) is 0 Å². The molecule has 0 aliphatic heterocycles. The monoisotopic (exact) mass is 264 g/mol. The van der Waals surface area contributed by atoms with Crippen LogP contribution in [-0.4, -0.2) is 38.2 Å². The molecule has 1 N–H and O–H groups in total. The first-order valence-corrected chi connectivity index (χ1v) is 7.20. The van der Waals surface area contributed by atoms with E-state index in [1.165, 1.54) is 18.4 Å². The van der Waals surface area contributed by atoms with Crippen LogP contribution in [-0.2, 0) is 6.54 Å². The fourth-order valence-corrected chi connectivity index (χ4v) is 2.24. The number of benzene rings is 1. The van der Waals surface area contributed by atoms with E-state index in [1.54, 1.807) is 7.11 Å². The summed E-state index contributed by atoms with van der Waals surface area (Å²) in [6, 6.07) is 8.94. The van der Waals surface area contributed by atoms with Gasteiger partial charge in [0, 0.05) is 12.6 Å². The standard InChI is InChI=1S/C16H28N2O/c1-5-17-14(2)7-6-12-18(3)13-15-8-10-16(19-4)11-9-15/h8-11,14,17H,5-7,12-13H2,1-4H3. The van der Waals surface area contributed by atoms with Crippen LogP contribution in [0.4, 0.5) is 0 Å². The number of ether oxygens (including phenoxy) is 1. The molecule has 1 aromatic carbocycles. The Bertz CT molecular complexity index is 337. The highest BCUT2D eigenvalue weighted by Crippen LogP contribution is 2.12. The Labute approximate surface area is 118 Å². The number of nitrogens with one attached hydrogen (secondary N) is 1. The summed E-state index contributed by atoms with van der Waals surface area (Å²) in [6.45, 7) is 7.61. The van der Waals surface area contributed by atoms with Gasteiger partial charge in [0.05, 0.1) is 7.11 Å². The van der Waals surface area contributed by atoms with Crippen LogP contribution in [0, 0.1) is 0 Å². The fraction of sp³-hybridized carbons (Fsp3) is 0.625. The Hall–Kier alpha value is -1.06. The molecule has 0 aliphatic carbocycles. The molecule has 108 valence electrons. The summed E-state index contributed by atoms with van der Waals surface area (Å²) in [5, 5.41) is 3.45. The second-order valence-corrected chi connectivity index (χ2v) is 5.19. The average Bonchev–Trinajstić information content (AvgIpc) is 2.40. The Morgan fingerprint density at radius 3 is 2.53 bits per heavy atom. The maximum atomic E-state index is 5.17. The first kappa shape index (κ1) is 16.0. The van der Waals surface area contributed by atoms with Gasteiger partial charge in [0.2, 0.25) is 0 Å². The highest BCUT2D eigenvalue weighted by Gasteiger charge is 2.03. The molecule has 0 saturated heterocycles. The third-order valence-electron chi connectivity index (χ3n) is 3.34. The Balaban J connectivity index is 2.24. The van der Waals surface area contributed by atoms with Crippen molar-refractivity contribution < 1.29 is 4.74 Å². The van der Waals surface area contributed by atoms with Crippen LogP contribution in [0.2, 0.25) is 0 Å². The third kappa shape index (κ3) is 6.60. The molecule has 0 aliphatic rings. The smallest absolute Gasteiger partial charge is 0.118 e. The van der Waals surface area contributed by atoms with Gasteiger partial charge in [-0.15, -0.1) is 0 Å². The predicted octanol–water partition coefficient (Wildman–Crippen LogP) is 2.91. The van der Waals surface area contributed by atoms with E-state index in [1.807, 2.05) is 12.1 Å². The molecular weight excluding hydrogens is 236 g/mol. The predicted molar refractivity (Wildman–Crippen MR) is 81.7 cm³/mol. The molecule has 1 atom stereocenters. The highest BCUT2D eigenvalue weighted by atomic mass is 16.5. The molecule has 1 rings (SSSR count). The molecule has 19 heavy (non-hydrogen) atoms. The topological polar surface area (TPSA) is 24.5 Å². The largest absolute Gasteiger partial charge is 0.497 e. The van der Waals surface area contributed by atoms with Gasteiger partial charge in [0.25, 0.3) is 0 Å². The Morgan fingerprint density at radius 2 is 1.95 bits per heavy atom. The highest BCUT2D eigenvalue weighted by molar-refractivity contribution is 5.26. The summed E-state index contributed by atoms with van der Waals surface area (Å²) in [4.78, 5) is 2.38. The molecule has 3 heteroatoms. The molecule has 0 bridgehead atoms. The summed E-state index contributed by atoms with van der Waals surface area (Å²) in [7, 11) is 3.88. The van der Waals surface area contributed by atoms with Gasteiger partial charge in [-0.3, -0.25) is 0 Å². The molecule has 0 spiro atoms. The molecule has 0 heterocycles. The molecule has 0 aromatic heterocycles. The summed E-state index contributed by atoms with van der Waals surface area (Å²) >= 11 is 0. The van der Waals surface area contributed by atoms with Crippen molar-refractivity contribution in [3.63, 3.8) is 0 Å². The molecule has 0 saturated carbocycles. The molecule has 0 radical (unpaired) electrons. The second kappa shape index (κ2) is 8.94. The van der Waals surface area contributed by atoms with Crippen molar-refractivity contribution in [2.24, 2.45) is 0 Å². The molecule has 0 fully saturated rings. The lowest BCUT2D eigenvalue weighted by atomic mass is 10.1. The van der Waals surface area contributed by atoms with Crippen molar-refractivity contribution in [2.75, 3.05) is 27.2 Å². The summed E-state index contributed by atoms with van der Waals surface area (Å²) < 4.78 is 5.17. The van der Waals surface area contributed by atoms with Gasteiger partial charge in [-0.2, -0.15) is 0 Å². The Kier molecular flexibility index (Phi) is 7.53. The van der Waals surface area contributed by atoms with Gasteiger partial charge < -0.3 is 15.0 Å². The fourth-order valence-electron chi connectivity index (χ4n) is 2.24. The molecule has 0 amide bonds. The molecular formula is C16H28N2O. The number of hydrogen-bond donors (Lipinski definition) is 1. The van der Waals surface area contributed by atoms with Crippen LogP contribution in [0.15, 0.2) is 24.3 Å². The van der Waals surface area contributed by atoms with E-state index in [0.717, 1.165) is 25.4 Å². The lowest BCUT2D eigenvalue weighted by Gasteiger charge is -2.18. The van der Waals surface area contributed by atoms with E-state index in [2.05, 4.69) is 43.2 Å². The van der Waals surface area contributed by atoms with Gasteiger partial charge in [-0.05, 0) is 57.6 Å². The van der Waals surface area contributed by atoms with Gasteiger partial charge in [0.1, 0.15) is 5.75 Å². The lowest BCUT2D eigenvalue weighted by Crippen LogP contribution is -2.27. The van der Waals surface area contributed by atoms with Crippen molar-refractivity contribution in [2.45, 2.75) is 39.3 Å². The zero-order valence-corrected chi connectivity index (χ0v) is 12.8. The van der Waals surface area contributed by atoms with Crippen LogP contribution in [0.25, 0.3) is 0 Å². The summed E-state index contributed by atoms with van der Waals surface area (Å²) in [6.07, 6.45) is 2.47. The zero-order chi connectivity index (χ0) is 14.1. The lowest BCUT2D eigenvalue weighted by molar-refractivity contribution is 0.311. The molecule has 1 aromatic rings. The quantitative estimate of drug-likeness (QED) is 0.742. The van der Waals surface area contributed by atoms with E-state index in [0.29, 0.717) is 6.04 Å². The van der Waals surface area contributed by atoms with Crippen LogP contribution in [0.3, 0.4) is 0 Å². The van der Waals surface area contributed by atoms with Crippen molar-refractivity contribution in [3.8, 4) is 5.75 Å². The molecule has 1 unspecified atom stereocenters. The minimum atomic E-state index is 0.624. The Morgan fingerprint density at radius 1 is 1.26 bits per heavy atom. The van der Waals surface area contributed by atoms with Crippen molar-refractivity contribution >= 4 is 0 Å². The zero-order valence-electron chi connectivity index (χ0n) is 12.8. The minimum absolute atomic E-state index is 0.624. The normalized spacial score (nSPS) is 12.7. The van der Waals surface area contributed by atoms with E-state index in [-0.39, 0.29) is 0 Å². The average molecular weight is 264 g/mol. The first-order valence-electron chi connectivity index (χ1n) is 7.20. The SMILES string of the molecule is CCNC(C)CCCN(C)Cc1ccc(OC)cc1. The maximum absolute atomic E-state index is 5.17. The van der Waals surface area contributed by atoms with Crippen LogP contribution >= 0.6 is 0 Å². The van der Waals surface area contributed by atoms with Crippen molar-refractivity contribution in [1.82, 2.24) is 10.2 Å². The van der Waals surface area contributed by atoms with E-state index >= 15 is 0 Å². The number of nitrogens with zero attached hydrogens (tertiary/aromatic N) is 1. The number of hydrogen-bond acceptors (Lipinski definition) is 3. The van der Waals surface area contributed by atoms with Crippen molar-refractivity contribution in [3.05, 3.63) is 29.8 Å². The maximum Gasteiger partial charge on any atom is 0.118 e. The number of rotatable bonds is 9. The summed E-state index contributed by atoms with van der Waals surface area (Å²) in [5.74, 6) is 0.922. The van der Waals surface area contributed by atoms with Gasteiger partial charge >= 0.3 is 0 Å².